The molecule has 0 bridgehead atoms. The van der Waals surface area contributed by atoms with Gasteiger partial charge in [0.1, 0.15) is 11.6 Å². The average Bonchev–Trinajstić information content (AvgIpc) is 2.89. The first-order valence-corrected chi connectivity index (χ1v) is 6.21. The number of aromatic nitrogens is 2. The maximum absolute atomic E-state index is 13.9. The maximum atomic E-state index is 13.9. The number of H-pyrrole nitrogens is 1. The lowest BCUT2D eigenvalue weighted by Gasteiger charge is -2.00. The van der Waals surface area contributed by atoms with Crippen LogP contribution in [0.2, 0.25) is 0 Å². The van der Waals surface area contributed by atoms with Gasteiger partial charge in [0.2, 0.25) is 0 Å². The van der Waals surface area contributed by atoms with Crippen LogP contribution in [-0.4, -0.2) is 10.2 Å². The van der Waals surface area contributed by atoms with Gasteiger partial charge in [-0.2, -0.15) is 5.10 Å². The number of aromatic amines is 1. The second-order valence-corrected chi connectivity index (χ2v) is 4.66. The van der Waals surface area contributed by atoms with Crippen LogP contribution in [0.1, 0.15) is 5.56 Å². The van der Waals surface area contributed by atoms with Gasteiger partial charge in [-0.3, -0.25) is 5.10 Å². The van der Waals surface area contributed by atoms with Crippen molar-refractivity contribution in [2.24, 2.45) is 0 Å². The highest BCUT2D eigenvalue weighted by Crippen LogP contribution is 2.26. The summed E-state index contributed by atoms with van der Waals surface area (Å²) >= 11 is 0. The smallest absolute Gasteiger partial charge is 0.132 e. The second kappa shape index (κ2) is 4.89. The van der Waals surface area contributed by atoms with Gasteiger partial charge >= 0.3 is 0 Å². The van der Waals surface area contributed by atoms with E-state index in [9.17, 15) is 8.78 Å². The lowest BCUT2D eigenvalue weighted by molar-refractivity contribution is 0.628. The third kappa shape index (κ3) is 2.32. The summed E-state index contributed by atoms with van der Waals surface area (Å²) in [5, 5.41) is 6.95. The van der Waals surface area contributed by atoms with Gasteiger partial charge in [0.15, 0.2) is 0 Å². The number of nitrogens with one attached hydrogen (secondary N) is 1. The lowest BCUT2D eigenvalue weighted by atomic mass is 10.1. The van der Waals surface area contributed by atoms with E-state index in [1.165, 1.54) is 18.2 Å². The Balaban J connectivity index is 1.99. The highest BCUT2D eigenvalue weighted by molar-refractivity contribution is 5.68. The summed E-state index contributed by atoms with van der Waals surface area (Å²) in [5.41, 5.74) is 3.37. The zero-order valence-electron chi connectivity index (χ0n) is 10.8. The van der Waals surface area contributed by atoms with Crippen molar-refractivity contribution in [1.82, 2.24) is 10.2 Å². The van der Waals surface area contributed by atoms with E-state index in [4.69, 9.17) is 0 Å². The summed E-state index contributed by atoms with van der Waals surface area (Å²) in [5.74, 6) is -0.589. The van der Waals surface area contributed by atoms with Crippen molar-refractivity contribution in [3.8, 4) is 22.5 Å². The van der Waals surface area contributed by atoms with Crippen LogP contribution < -0.4 is 0 Å². The number of aryl methyl sites for hydroxylation is 1. The summed E-state index contributed by atoms with van der Waals surface area (Å²) in [6, 6.07) is 12.8. The minimum Gasteiger partial charge on any atom is -0.277 e. The summed E-state index contributed by atoms with van der Waals surface area (Å²) in [7, 11) is 0. The van der Waals surface area contributed by atoms with E-state index >= 15 is 0 Å². The van der Waals surface area contributed by atoms with Gasteiger partial charge in [0, 0.05) is 11.1 Å². The van der Waals surface area contributed by atoms with Gasteiger partial charge in [-0.05, 0) is 55.0 Å². The SMILES string of the molecule is Cc1ccc(-c2cc(-c3ccc(F)cc3)n[nH]2)c(F)c1. The molecule has 1 heterocycles. The van der Waals surface area contributed by atoms with Crippen LogP contribution in [0.25, 0.3) is 22.5 Å². The maximum Gasteiger partial charge on any atom is 0.132 e. The van der Waals surface area contributed by atoms with Crippen LogP contribution in [0.4, 0.5) is 8.78 Å². The van der Waals surface area contributed by atoms with Crippen molar-refractivity contribution >= 4 is 0 Å². The topological polar surface area (TPSA) is 28.7 Å². The average molecular weight is 270 g/mol. The molecule has 3 rings (SSSR count). The van der Waals surface area contributed by atoms with Gasteiger partial charge in [-0.25, -0.2) is 8.78 Å². The largest absolute Gasteiger partial charge is 0.277 e. The fourth-order valence-corrected chi connectivity index (χ4v) is 2.07. The van der Waals surface area contributed by atoms with Crippen LogP contribution in [0, 0.1) is 18.6 Å². The van der Waals surface area contributed by atoms with Crippen LogP contribution in [0.3, 0.4) is 0 Å². The van der Waals surface area contributed by atoms with Crippen molar-refractivity contribution in [1.29, 1.82) is 0 Å². The normalized spacial score (nSPS) is 10.8. The summed E-state index contributed by atoms with van der Waals surface area (Å²) < 4.78 is 26.8. The fraction of sp³-hybridized carbons (Fsp3) is 0.0625. The van der Waals surface area contributed by atoms with E-state index in [1.54, 1.807) is 24.3 Å². The molecule has 2 aromatic carbocycles. The molecule has 4 heteroatoms. The molecule has 100 valence electrons. The molecule has 0 saturated heterocycles. The summed E-state index contributed by atoms with van der Waals surface area (Å²) in [4.78, 5) is 0. The molecule has 1 aromatic heterocycles. The third-order valence-corrected chi connectivity index (χ3v) is 3.13. The molecule has 0 unspecified atom stereocenters. The summed E-state index contributed by atoms with van der Waals surface area (Å²) in [6.45, 7) is 1.84. The lowest BCUT2D eigenvalue weighted by Crippen LogP contribution is -1.85. The summed E-state index contributed by atoms with van der Waals surface area (Å²) in [6.07, 6.45) is 0. The zero-order valence-corrected chi connectivity index (χ0v) is 10.8. The van der Waals surface area contributed by atoms with E-state index in [0.29, 0.717) is 17.0 Å². The molecule has 20 heavy (non-hydrogen) atoms. The monoisotopic (exact) mass is 270 g/mol. The van der Waals surface area contributed by atoms with E-state index in [-0.39, 0.29) is 11.6 Å². The van der Waals surface area contributed by atoms with E-state index in [1.807, 2.05) is 13.0 Å². The fourth-order valence-electron chi connectivity index (χ4n) is 2.07. The number of halogens is 2. The third-order valence-electron chi connectivity index (χ3n) is 3.13. The highest BCUT2D eigenvalue weighted by atomic mass is 19.1. The first-order valence-electron chi connectivity index (χ1n) is 6.21. The molecule has 0 spiro atoms. The Hall–Kier alpha value is -2.49. The molecule has 0 amide bonds. The van der Waals surface area contributed by atoms with Gasteiger partial charge < -0.3 is 0 Å². The van der Waals surface area contributed by atoms with Crippen LogP contribution in [0.15, 0.2) is 48.5 Å². The Labute approximate surface area is 115 Å². The molecule has 0 aliphatic rings. The number of benzene rings is 2. The molecular formula is C16H12F2N2. The van der Waals surface area contributed by atoms with Crippen LogP contribution in [0.5, 0.6) is 0 Å². The minimum absolute atomic E-state index is 0.292. The molecule has 0 atom stereocenters. The Kier molecular flexibility index (Phi) is 3.06. The van der Waals surface area contributed by atoms with Crippen molar-refractivity contribution in [3.05, 3.63) is 65.7 Å². The number of hydrogen-bond acceptors (Lipinski definition) is 1. The molecule has 0 radical (unpaired) electrons. The van der Waals surface area contributed by atoms with Gasteiger partial charge in [0.05, 0.1) is 11.4 Å². The zero-order chi connectivity index (χ0) is 14.1. The van der Waals surface area contributed by atoms with E-state index in [0.717, 1.165) is 11.1 Å². The van der Waals surface area contributed by atoms with Crippen molar-refractivity contribution in [2.45, 2.75) is 6.92 Å². The Morgan fingerprint density at radius 3 is 2.40 bits per heavy atom. The Morgan fingerprint density at radius 2 is 1.70 bits per heavy atom. The molecular weight excluding hydrogens is 258 g/mol. The standard InChI is InChI=1S/C16H12F2N2/c1-10-2-7-13(14(18)8-10)16-9-15(19-20-16)11-3-5-12(17)6-4-11/h2-9H,1H3,(H,19,20). The van der Waals surface area contributed by atoms with Crippen molar-refractivity contribution in [2.75, 3.05) is 0 Å². The molecule has 0 aliphatic carbocycles. The van der Waals surface area contributed by atoms with Crippen LogP contribution in [-0.2, 0) is 0 Å². The molecule has 1 N–H and O–H groups in total. The first-order chi connectivity index (χ1) is 9.63. The molecule has 0 fully saturated rings. The molecule has 3 aromatic rings. The van der Waals surface area contributed by atoms with E-state index < -0.39 is 0 Å². The quantitative estimate of drug-likeness (QED) is 0.737. The molecule has 0 aliphatic heterocycles. The number of hydrogen-bond donors (Lipinski definition) is 1. The highest BCUT2D eigenvalue weighted by Gasteiger charge is 2.10. The van der Waals surface area contributed by atoms with Crippen molar-refractivity contribution in [3.63, 3.8) is 0 Å². The number of rotatable bonds is 2. The van der Waals surface area contributed by atoms with Gasteiger partial charge in [-0.1, -0.05) is 6.07 Å². The molecule has 0 saturated carbocycles. The van der Waals surface area contributed by atoms with Gasteiger partial charge in [0.25, 0.3) is 0 Å². The number of nitrogens with zero attached hydrogens (tertiary/aromatic N) is 1. The first kappa shape index (κ1) is 12.5. The van der Waals surface area contributed by atoms with Gasteiger partial charge in [-0.15, -0.1) is 0 Å². The van der Waals surface area contributed by atoms with Crippen LogP contribution >= 0.6 is 0 Å². The Morgan fingerprint density at radius 1 is 0.950 bits per heavy atom. The second-order valence-electron chi connectivity index (χ2n) is 4.66. The molecule has 2 nitrogen and oxygen atoms in total. The minimum atomic E-state index is -0.297. The van der Waals surface area contributed by atoms with E-state index in [2.05, 4.69) is 10.2 Å². The van der Waals surface area contributed by atoms with Crippen molar-refractivity contribution < 1.29 is 8.78 Å². The Bertz CT molecular complexity index is 745. The predicted octanol–water partition coefficient (Wildman–Crippen LogP) is 4.33. The predicted molar refractivity (Wildman–Crippen MR) is 74.1 cm³/mol.